The van der Waals surface area contributed by atoms with Crippen molar-refractivity contribution < 1.29 is 13.2 Å². The van der Waals surface area contributed by atoms with E-state index in [-0.39, 0.29) is 25.5 Å². The van der Waals surface area contributed by atoms with Crippen molar-refractivity contribution in [2.24, 2.45) is 0 Å². The van der Waals surface area contributed by atoms with Gasteiger partial charge in [-0.2, -0.15) is 9.57 Å². The van der Waals surface area contributed by atoms with Crippen molar-refractivity contribution in [2.75, 3.05) is 38.0 Å². The quantitative estimate of drug-likeness (QED) is 0.792. The van der Waals surface area contributed by atoms with E-state index >= 15 is 0 Å². The number of fused-ring (bicyclic) bond motifs is 1. The molecule has 1 aliphatic carbocycles. The summed E-state index contributed by atoms with van der Waals surface area (Å²) in [7, 11) is -3.55. The van der Waals surface area contributed by atoms with Crippen LogP contribution in [0.15, 0.2) is 47.4 Å². The first-order chi connectivity index (χ1) is 14.5. The fourth-order valence-corrected chi connectivity index (χ4v) is 5.50. The van der Waals surface area contributed by atoms with Gasteiger partial charge in [-0.3, -0.25) is 4.79 Å². The molecular formula is C22H24N4O3S. The second-order valence-corrected chi connectivity index (χ2v) is 9.55. The van der Waals surface area contributed by atoms with Crippen molar-refractivity contribution in [3.63, 3.8) is 0 Å². The first-order valence-corrected chi connectivity index (χ1v) is 11.5. The molecule has 1 amide bonds. The number of hydrogen-bond donors (Lipinski definition) is 1. The Morgan fingerprint density at radius 1 is 1.03 bits per heavy atom. The van der Waals surface area contributed by atoms with Crippen molar-refractivity contribution in [3.05, 3.63) is 59.2 Å². The molecular weight excluding hydrogens is 400 g/mol. The Hall–Kier alpha value is -2.89. The molecule has 8 heteroatoms. The summed E-state index contributed by atoms with van der Waals surface area (Å²) in [6.07, 6.45) is 3.03. The Morgan fingerprint density at radius 2 is 1.80 bits per heavy atom. The minimum absolute atomic E-state index is 0.0908. The highest BCUT2D eigenvalue weighted by Crippen LogP contribution is 2.26. The maximum absolute atomic E-state index is 13.0. The van der Waals surface area contributed by atoms with Crippen LogP contribution in [0.5, 0.6) is 0 Å². The molecule has 0 saturated carbocycles. The van der Waals surface area contributed by atoms with E-state index in [2.05, 4.69) is 11.4 Å². The molecule has 2 aromatic rings. The van der Waals surface area contributed by atoms with Crippen molar-refractivity contribution in [1.82, 2.24) is 9.21 Å². The van der Waals surface area contributed by atoms with Crippen molar-refractivity contribution >= 4 is 21.6 Å². The van der Waals surface area contributed by atoms with Gasteiger partial charge in [-0.05, 0) is 60.7 Å². The Balaban J connectivity index is 1.34. The van der Waals surface area contributed by atoms with Gasteiger partial charge in [0.2, 0.25) is 15.9 Å². The van der Waals surface area contributed by atoms with Gasteiger partial charge in [-0.1, -0.05) is 12.1 Å². The average molecular weight is 425 g/mol. The summed E-state index contributed by atoms with van der Waals surface area (Å²) in [5, 5.41) is 12.0. The highest BCUT2D eigenvalue weighted by molar-refractivity contribution is 7.89. The molecule has 2 aliphatic rings. The number of carbonyl (C=O) groups is 1. The smallest absolute Gasteiger partial charge is 0.243 e. The van der Waals surface area contributed by atoms with Gasteiger partial charge in [0.1, 0.15) is 0 Å². The van der Waals surface area contributed by atoms with Crippen LogP contribution in [0.1, 0.15) is 23.1 Å². The summed E-state index contributed by atoms with van der Waals surface area (Å²) >= 11 is 0. The van der Waals surface area contributed by atoms with Crippen LogP contribution >= 0.6 is 0 Å². The van der Waals surface area contributed by atoms with Crippen LogP contribution in [0.25, 0.3) is 0 Å². The number of sulfonamides is 1. The van der Waals surface area contributed by atoms with E-state index in [1.165, 1.54) is 9.87 Å². The number of aryl methyl sites for hydroxylation is 2. The van der Waals surface area contributed by atoms with E-state index in [4.69, 9.17) is 5.26 Å². The van der Waals surface area contributed by atoms with E-state index < -0.39 is 10.0 Å². The minimum Gasteiger partial charge on any atom is -0.376 e. The molecule has 1 fully saturated rings. The van der Waals surface area contributed by atoms with E-state index in [9.17, 15) is 13.2 Å². The van der Waals surface area contributed by atoms with E-state index in [1.54, 1.807) is 35.2 Å². The van der Waals surface area contributed by atoms with E-state index in [0.717, 1.165) is 24.8 Å². The van der Waals surface area contributed by atoms with Crippen LogP contribution in [0.2, 0.25) is 0 Å². The third-order valence-electron chi connectivity index (χ3n) is 5.73. The molecule has 1 heterocycles. The molecule has 0 aromatic heterocycles. The molecule has 7 nitrogen and oxygen atoms in total. The molecule has 0 atom stereocenters. The number of rotatable bonds is 5. The van der Waals surface area contributed by atoms with Gasteiger partial charge in [-0.25, -0.2) is 8.42 Å². The molecule has 1 saturated heterocycles. The van der Waals surface area contributed by atoms with Crippen molar-refractivity contribution in [3.8, 4) is 6.07 Å². The Labute approximate surface area is 177 Å². The zero-order valence-corrected chi connectivity index (χ0v) is 17.5. The number of nitrogens with zero attached hydrogens (tertiary/aromatic N) is 3. The first-order valence-electron chi connectivity index (χ1n) is 10.1. The number of nitrogens with one attached hydrogen (secondary N) is 1. The number of piperazine rings is 1. The van der Waals surface area contributed by atoms with E-state index in [1.807, 2.05) is 12.1 Å². The largest absolute Gasteiger partial charge is 0.376 e. The third-order valence-corrected chi connectivity index (χ3v) is 7.63. The van der Waals surface area contributed by atoms with Crippen LogP contribution in [-0.4, -0.2) is 56.3 Å². The zero-order chi connectivity index (χ0) is 21.1. The molecule has 0 spiro atoms. The van der Waals surface area contributed by atoms with Gasteiger partial charge in [0, 0.05) is 31.9 Å². The minimum atomic E-state index is -3.55. The molecule has 2 aromatic carbocycles. The number of anilines is 1. The van der Waals surface area contributed by atoms with Gasteiger partial charge in [0.25, 0.3) is 0 Å². The summed E-state index contributed by atoms with van der Waals surface area (Å²) in [4.78, 5) is 14.5. The normalized spacial score (nSPS) is 16.7. The number of nitriles is 1. The van der Waals surface area contributed by atoms with Crippen LogP contribution in [0, 0.1) is 11.3 Å². The second-order valence-electron chi connectivity index (χ2n) is 7.62. The van der Waals surface area contributed by atoms with Crippen LogP contribution in [0.4, 0.5) is 5.69 Å². The van der Waals surface area contributed by atoms with Crippen LogP contribution < -0.4 is 5.32 Å². The maximum Gasteiger partial charge on any atom is 0.243 e. The highest BCUT2D eigenvalue weighted by Gasteiger charge is 2.30. The summed E-state index contributed by atoms with van der Waals surface area (Å²) in [5.74, 6) is -0.0908. The highest BCUT2D eigenvalue weighted by atomic mass is 32.2. The number of benzene rings is 2. The SMILES string of the molecule is N#Cc1cccc(NCC(=O)N2CCN(S(=O)(=O)c3ccc4c(c3)CCC4)CC2)c1. The fraction of sp³-hybridized carbons (Fsp3) is 0.364. The molecule has 0 bridgehead atoms. The number of amides is 1. The summed E-state index contributed by atoms with van der Waals surface area (Å²) in [6, 6.07) is 14.5. The lowest BCUT2D eigenvalue weighted by atomic mass is 10.1. The fourth-order valence-electron chi connectivity index (χ4n) is 4.02. The molecule has 4 rings (SSSR count). The number of hydrogen-bond acceptors (Lipinski definition) is 5. The van der Waals surface area contributed by atoms with Crippen LogP contribution in [0.3, 0.4) is 0 Å². The predicted molar refractivity (Wildman–Crippen MR) is 113 cm³/mol. The molecule has 0 radical (unpaired) electrons. The lowest BCUT2D eigenvalue weighted by molar-refractivity contribution is -0.130. The maximum atomic E-state index is 13.0. The first kappa shape index (κ1) is 20.4. The molecule has 1 N–H and O–H groups in total. The molecule has 1 aliphatic heterocycles. The third kappa shape index (κ3) is 4.18. The molecule has 156 valence electrons. The van der Waals surface area contributed by atoms with Crippen LogP contribution in [-0.2, 0) is 27.7 Å². The van der Waals surface area contributed by atoms with E-state index in [0.29, 0.717) is 29.2 Å². The molecule has 0 unspecified atom stereocenters. The predicted octanol–water partition coefficient (Wildman–Crippen LogP) is 1.99. The summed E-state index contributed by atoms with van der Waals surface area (Å²) in [5.41, 5.74) is 3.62. The topological polar surface area (TPSA) is 93.5 Å². The summed E-state index contributed by atoms with van der Waals surface area (Å²) in [6.45, 7) is 1.41. The molecule has 30 heavy (non-hydrogen) atoms. The summed E-state index contributed by atoms with van der Waals surface area (Å²) < 4.78 is 27.5. The lowest BCUT2D eigenvalue weighted by Crippen LogP contribution is -2.51. The van der Waals surface area contributed by atoms with Gasteiger partial charge in [0.05, 0.1) is 23.1 Å². The Bertz CT molecular complexity index is 1100. The number of carbonyl (C=O) groups excluding carboxylic acids is 1. The van der Waals surface area contributed by atoms with Crippen molar-refractivity contribution in [2.45, 2.75) is 24.2 Å². The van der Waals surface area contributed by atoms with Gasteiger partial charge < -0.3 is 10.2 Å². The van der Waals surface area contributed by atoms with Gasteiger partial charge in [0.15, 0.2) is 0 Å². The Kier molecular flexibility index (Phi) is 5.75. The zero-order valence-electron chi connectivity index (χ0n) is 16.7. The standard InChI is InChI=1S/C22H24N4O3S/c23-15-17-3-1-6-20(13-17)24-16-22(27)25-9-11-26(12-10-25)30(28,29)21-8-7-18-4-2-5-19(18)14-21/h1,3,6-8,13-14,24H,2,4-5,9-12,16H2. The van der Waals surface area contributed by atoms with Crippen molar-refractivity contribution in [1.29, 1.82) is 5.26 Å². The van der Waals surface area contributed by atoms with Gasteiger partial charge >= 0.3 is 0 Å². The second kappa shape index (κ2) is 8.46. The van der Waals surface area contributed by atoms with Gasteiger partial charge in [-0.15, -0.1) is 0 Å². The average Bonchev–Trinajstić information content (AvgIpc) is 3.25. The monoisotopic (exact) mass is 424 g/mol. The lowest BCUT2D eigenvalue weighted by Gasteiger charge is -2.34. The Morgan fingerprint density at radius 3 is 2.57 bits per heavy atom.